The Kier molecular flexibility index (Phi) is 4.80. The van der Waals surface area contributed by atoms with E-state index in [2.05, 4.69) is 5.16 Å². The molecule has 6 nitrogen and oxygen atoms in total. The molecule has 3 aromatic carbocycles. The maximum Gasteiger partial charge on any atom is 0.326 e. The lowest BCUT2D eigenvalue weighted by molar-refractivity contribution is -0.145. The van der Waals surface area contributed by atoms with Crippen LogP contribution in [0.4, 0.5) is 0 Å². The molecule has 6 heteroatoms. The summed E-state index contributed by atoms with van der Waals surface area (Å²) in [5, 5.41) is 5.12. The van der Waals surface area contributed by atoms with E-state index >= 15 is 0 Å². The van der Waals surface area contributed by atoms with E-state index in [0.717, 1.165) is 5.56 Å². The summed E-state index contributed by atoms with van der Waals surface area (Å²) in [7, 11) is 0. The smallest absolute Gasteiger partial charge is 0.326 e. The van der Waals surface area contributed by atoms with Crippen molar-refractivity contribution in [2.75, 3.05) is 0 Å². The number of carbonyl (C=O) groups excluding carboxylic acids is 1. The number of hydrogen-bond donors (Lipinski definition) is 0. The van der Waals surface area contributed by atoms with Gasteiger partial charge >= 0.3 is 5.97 Å². The fourth-order valence-corrected chi connectivity index (χ4v) is 3.69. The molecule has 0 saturated heterocycles. The lowest BCUT2D eigenvalue weighted by Gasteiger charge is -2.14. The number of nitrogens with zero attached hydrogens (tertiary/aromatic N) is 2. The molecule has 0 unspecified atom stereocenters. The van der Waals surface area contributed by atoms with Crippen molar-refractivity contribution in [3.63, 3.8) is 0 Å². The predicted molar refractivity (Wildman–Crippen MR) is 117 cm³/mol. The standard InChI is InChI=1S/C25H18N2O4/c28-24(30-16-18-14-23(31-26-18)17-8-2-1-3-9-17)15-27-21-12-6-4-10-19(21)25(29)20-11-5-7-13-22(20)27/h1-14H,15-16H2. The Bertz CT molecular complexity index is 1390. The first-order chi connectivity index (χ1) is 15.2. The van der Waals surface area contributed by atoms with Gasteiger partial charge in [0.15, 0.2) is 11.2 Å². The Morgan fingerprint density at radius 2 is 1.48 bits per heavy atom. The molecule has 0 aliphatic carbocycles. The SMILES string of the molecule is O=C(Cn1c2ccccc2c(=O)c2ccccc21)OCc1cc(-c2ccccc2)on1. The third-order valence-corrected chi connectivity index (χ3v) is 5.16. The highest BCUT2D eigenvalue weighted by molar-refractivity contribution is 5.94. The Labute approximate surface area is 177 Å². The Balaban J connectivity index is 1.39. The van der Waals surface area contributed by atoms with E-state index in [0.29, 0.717) is 33.3 Å². The van der Waals surface area contributed by atoms with Gasteiger partial charge in [-0.05, 0) is 24.3 Å². The number of fused-ring (bicyclic) bond motifs is 2. The van der Waals surface area contributed by atoms with Crippen LogP contribution in [0.15, 0.2) is 94.2 Å². The van der Waals surface area contributed by atoms with Crippen LogP contribution in [0, 0.1) is 0 Å². The Hall–Kier alpha value is -4.19. The molecule has 0 atom stereocenters. The third-order valence-electron chi connectivity index (χ3n) is 5.16. The lowest BCUT2D eigenvalue weighted by Crippen LogP contribution is -2.18. The van der Waals surface area contributed by atoms with Crippen molar-refractivity contribution in [3.05, 3.63) is 101 Å². The van der Waals surface area contributed by atoms with Crippen LogP contribution in [0.5, 0.6) is 0 Å². The van der Waals surface area contributed by atoms with E-state index in [-0.39, 0.29) is 18.6 Å². The van der Waals surface area contributed by atoms with E-state index in [1.165, 1.54) is 0 Å². The van der Waals surface area contributed by atoms with Crippen molar-refractivity contribution in [1.29, 1.82) is 0 Å². The van der Waals surface area contributed by atoms with Crippen LogP contribution in [0.2, 0.25) is 0 Å². The molecule has 0 aliphatic heterocycles. The maximum absolute atomic E-state index is 12.8. The molecular weight excluding hydrogens is 392 g/mol. The fraction of sp³-hybridized carbons (Fsp3) is 0.0800. The second kappa shape index (κ2) is 7.91. The first-order valence-corrected chi connectivity index (χ1v) is 9.87. The molecule has 0 N–H and O–H groups in total. The minimum atomic E-state index is -0.428. The molecule has 0 bridgehead atoms. The number of esters is 1. The molecule has 0 fully saturated rings. The van der Waals surface area contributed by atoms with Crippen LogP contribution in [0.1, 0.15) is 5.69 Å². The molecule has 2 aromatic heterocycles. The molecule has 2 heterocycles. The summed E-state index contributed by atoms with van der Waals surface area (Å²) >= 11 is 0. The van der Waals surface area contributed by atoms with Crippen molar-refractivity contribution in [1.82, 2.24) is 9.72 Å². The van der Waals surface area contributed by atoms with Gasteiger partial charge in [-0.25, -0.2) is 0 Å². The van der Waals surface area contributed by atoms with Crippen LogP contribution in [0.3, 0.4) is 0 Å². The van der Waals surface area contributed by atoms with Crippen LogP contribution in [0.25, 0.3) is 33.1 Å². The van der Waals surface area contributed by atoms with Gasteiger partial charge < -0.3 is 13.8 Å². The second-order valence-corrected chi connectivity index (χ2v) is 7.16. The molecule has 31 heavy (non-hydrogen) atoms. The number of para-hydroxylation sites is 2. The minimum absolute atomic E-state index is 0.00519. The lowest BCUT2D eigenvalue weighted by atomic mass is 10.1. The van der Waals surface area contributed by atoms with Crippen LogP contribution < -0.4 is 5.43 Å². The summed E-state index contributed by atoms with van der Waals surface area (Å²) in [5.41, 5.74) is 2.76. The Morgan fingerprint density at radius 3 is 2.16 bits per heavy atom. The molecule has 0 spiro atoms. The van der Waals surface area contributed by atoms with E-state index in [9.17, 15) is 9.59 Å². The zero-order chi connectivity index (χ0) is 21.2. The normalized spacial score (nSPS) is 11.1. The highest BCUT2D eigenvalue weighted by Crippen LogP contribution is 2.21. The third kappa shape index (κ3) is 3.59. The summed E-state index contributed by atoms with van der Waals surface area (Å²) in [4.78, 5) is 25.5. The molecule has 0 saturated carbocycles. The minimum Gasteiger partial charge on any atom is -0.458 e. The first kappa shape index (κ1) is 18.8. The van der Waals surface area contributed by atoms with Crippen LogP contribution in [-0.4, -0.2) is 15.7 Å². The largest absolute Gasteiger partial charge is 0.458 e. The molecule has 0 amide bonds. The Morgan fingerprint density at radius 1 is 0.871 bits per heavy atom. The summed E-state index contributed by atoms with van der Waals surface area (Å²) < 4.78 is 12.6. The van der Waals surface area contributed by atoms with Crippen molar-refractivity contribution in [2.24, 2.45) is 0 Å². The molecule has 0 aliphatic rings. The van der Waals surface area contributed by atoms with Gasteiger partial charge in [0.1, 0.15) is 18.8 Å². The fourth-order valence-electron chi connectivity index (χ4n) is 3.69. The summed E-state index contributed by atoms with van der Waals surface area (Å²) in [6.45, 7) is -0.0179. The zero-order valence-electron chi connectivity index (χ0n) is 16.5. The second-order valence-electron chi connectivity index (χ2n) is 7.16. The molecule has 0 radical (unpaired) electrons. The van der Waals surface area contributed by atoms with Crippen LogP contribution >= 0.6 is 0 Å². The summed E-state index contributed by atoms with van der Waals surface area (Å²) in [5.74, 6) is 0.187. The van der Waals surface area contributed by atoms with Gasteiger partial charge in [-0.2, -0.15) is 0 Å². The number of aromatic nitrogens is 2. The summed E-state index contributed by atoms with van der Waals surface area (Å²) in [6.07, 6.45) is 0. The monoisotopic (exact) mass is 410 g/mol. The van der Waals surface area contributed by atoms with E-state index in [1.54, 1.807) is 18.2 Å². The van der Waals surface area contributed by atoms with Crippen molar-refractivity contribution >= 4 is 27.8 Å². The summed E-state index contributed by atoms with van der Waals surface area (Å²) in [6, 6.07) is 25.9. The highest BCUT2D eigenvalue weighted by atomic mass is 16.5. The van der Waals surface area contributed by atoms with Gasteiger partial charge in [0.25, 0.3) is 0 Å². The van der Waals surface area contributed by atoms with Crippen molar-refractivity contribution < 1.29 is 14.1 Å². The highest BCUT2D eigenvalue weighted by Gasteiger charge is 2.14. The predicted octanol–water partition coefficient (Wildman–Crippen LogP) is 4.55. The maximum atomic E-state index is 12.8. The van der Waals surface area contributed by atoms with Crippen molar-refractivity contribution in [2.45, 2.75) is 13.2 Å². The van der Waals surface area contributed by atoms with Gasteiger partial charge in [0.2, 0.25) is 0 Å². The first-order valence-electron chi connectivity index (χ1n) is 9.87. The number of benzene rings is 3. The van der Waals surface area contributed by atoms with Gasteiger partial charge in [0.05, 0.1) is 11.0 Å². The average molecular weight is 410 g/mol. The number of hydrogen-bond acceptors (Lipinski definition) is 5. The average Bonchev–Trinajstić information content (AvgIpc) is 3.30. The molecule has 5 rings (SSSR count). The van der Waals surface area contributed by atoms with Gasteiger partial charge in [-0.1, -0.05) is 59.8 Å². The number of ether oxygens (including phenoxy) is 1. The van der Waals surface area contributed by atoms with Gasteiger partial charge in [0, 0.05) is 22.4 Å². The number of carbonyl (C=O) groups is 1. The number of pyridine rings is 1. The van der Waals surface area contributed by atoms with Gasteiger partial charge in [-0.15, -0.1) is 0 Å². The van der Waals surface area contributed by atoms with Crippen LogP contribution in [-0.2, 0) is 22.7 Å². The zero-order valence-corrected chi connectivity index (χ0v) is 16.5. The van der Waals surface area contributed by atoms with Crippen molar-refractivity contribution in [3.8, 4) is 11.3 Å². The number of rotatable bonds is 5. The molecule has 5 aromatic rings. The van der Waals surface area contributed by atoms with E-state index in [4.69, 9.17) is 9.26 Å². The molecular formula is C25H18N2O4. The topological polar surface area (TPSA) is 74.3 Å². The quantitative estimate of drug-likeness (QED) is 0.314. The van der Waals surface area contributed by atoms with Gasteiger partial charge in [-0.3, -0.25) is 9.59 Å². The van der Waals surface area contributed by atoms with E-state index in [1.807, 2.05) is 71.3 Å². The van der Waals surface area contributed by atoms with E-state index < -0.39 is 5.97 Å². The molecule has 152 valence electrons.